The minimum Gasteiger partial charge on any atom is -0.370 e. The summed E-state index contributed by atoms with van der Waals surface area (Å²) < 4.78 is 13.3. The van der Waals surface area contributed by atoms with Crippen LogP contribution in [-0.2, 0) is 0 Å². The lowest BCUT2D eigenvalue weighted by Crippen LogP contribution is -2.23. The molecule has 0 aliphatic heterocycles. The van der Waals surface area contributed by atoms with Crippen molar-refractivity contribution < 1.29 is 4.39 Å². The monoisotopic (exact) mass is 195 g/mol. The molecule has 76 valence electrons. The first kappa shape index (κ1) is 10.5. The molecule has 4 heteroatoms. The molecule has 1 rings (SSSR count). The topological polar surface area (TPSA) is 64.4 Å². The molecule has 0 fully saturated rings. The summed E-state index contributed by atoms with van der Waals surface area (Å²) in [6, 6.07) is 6.21. The Balaban J connectivity index is 3.01. The van der Waals surface area contributed by atoms with Gasteiger partial charge in [-0.1, -0.05) is 25.1 Å². The fraction of sp³-hybridized carbons (Fsp3) is 0.300. The summed E-state index contributed by atoms with van der Waals surface area (Å²) >= 11 is 0. The van der Waals surface area contributed by atoms with Gasteiger partial charge in [-0.3, -0.25) is 0 Å². The number of nitrogens with two attached hydrogens (primary N) is 2. The van der Waals surface area contributed by atoms with Gasteiger partial charge in [-0.05, 0) is 12.5 Å². The third-order valence-corrected chi connectivity index (χ3v) is 1.96. The van der Waals surface area contributed by atoms with Crippen LogP contribution in [-0.4, -0.2) is 5.96 Å². The Kier molecular flexibility index (Phi) is 3.45. The fourth-order valence-electron chi connectivity index (χ4n) is 1.31. The molecule has 1 unspecified atom stereocenters. The SMILES string of the molecule is CCC(N=C(N)N)c1ccccc1F. The van der Waals surface area contributed by atoms with Crippen LogP contribution in [0.5, 0.6) is 0 Å². The van der Waals surface area contributed by atoms with Gasteiger partial charge in [0.2, 0.25) is 0 Å². The van der Waals surface area contributed by atoms with Crippen LogP contribution in [0.3, 0.4) is 0 Å². The van der Waals surface area contributed by atoms with E-state index in [1.54, 1.807) is 18.2 Å². The number of aliphatic imine (C=N–C) groups is 1. The fourth-order valence-corrected chi connectivity index (χ4v) is 1.31. The number of halogens is 1. The van der Waals surface area contributed by atoms with Crippen molar-refractivity contribution in [1.29, 1.82) is 0 Å². The summed E-state index contributed by atoms with van der Waals surface area (Å²) in [7, 11) is 0. The first-order chi connectivity index (χ1) is 6.65. The van der Waals surface area contributed by atoms with Crippen LogP contribution < -0.4 is 11.5 Å². The van der Waals surface area contributed by atoms with Gasteiger partial charge < -0.3 is 11.5 Å². The zero-order chi connectivity index (χ0) is 10.6. The second-order valence-electron chi connectivity index (χ2n) is 3.00. The molecule has 0 spiro atoms. The lowest BCUT2D eigenvalue weighted by Gasteiger charge is -2.11. The molecule has 0 bridgehead atoms. The molecule has 0 radical (unpaired) electrons. The van der Waals surface area contributed by atoms with Crippen LogP contribution in [0.15, 0.2) is 29.3 Å². The lowest BCUT2D eigenvalue weighted by molar-refractivity contribution is 0.576. The van der Waals surface area contributed by atoms with Crippen molar-refractivity contribution in [2.75, 3.05) is 0 Å². The van der Waals surface area contributed by atoms with Crippen molar-refractivity contribution in [3.05, 3.63) is 35.6 Å². The minimum atomic E-state index is -0.291. The van der Waals surface area contributed by atoms with Crippen LogP contribution in [0, 0.1) is 5.82 Å². The molecule has 4 N–H and O–H groups in total. The Morgan fingerprint density at radius 2 is 2.07 bits per heavy atom. The standard InChI is InChI=1S/C10H14FN3/c1-2-9(14-10(12)13)7-5-3-4-6-8(7)11/h3-6,9H,2H2,1H3,(H4,12,13,14). The summed E-state index contributed by atoms with van der Waals surface area (Å²) in [6.07, 6.45) is 0.666. The first-order valence-electron chi connectivity index (χ1n) is 4.48. The van der Waals surface area contributed by atoms with Crippen LogP contribution in [0.4, 0.5) is 4.39 Å². The molecule has 0 aromatic heterocycles. The highest BCUT2D eigenvalue weighted by molar-refractivity contribution is 5.76. The van der Waals surface area contributed by atoms with Crippen LogP contribution in [0.25, 0.3) is 0 Å². The van der Waals surface area contributed by atoms with Gasteiger partial charge >= 0.3 is 0 Å². The van der Waals surface area contributed by atoms with Gasteiger partial charge in [-0.15, -0.1) is 0 Å². The normalized spacial score (nSPS) is 12.1. The van der Waals surface area contributed by atoms with Gasteiger partial charge in [-0.25, -0.2) is 9.38 Å². The maximum absolute atomic E-state index is 13.3. The summed E-state index contributed by atoms with van der Waals surface area (Å²) in [5.41, 5.74) is 11.1. The minimum absolute atomic E-state index is 0.0138. The van der Waals surface area contributed by atoms with E-state index < -0.39 is 0 Å². The molecule has 1 aromatic carbocycles. The maximum atomic E-state index is 13.3. The van der Waals surface area contributed by atoms with E-state index in [4.69, 9.17) is 11.5 Å². The quantitative estimate of drug-likeness (QED) is 0.567. The van der Waals surface area contributed by atoms with Gasteiger partial charge in [0.25, 0.3) is 0 Å². The Morgan fingerprint density at radius 1 is 1.43 bits per heavy atom. The van der Waals surface area contributed by atoms with E-state index in [-0.39, 0.29) is 17.8 Å². The van der Waals surface area contributed by atoms with E-state index in [0.717, 1.165) is 0 Å². The molecule has 0 saturated carbocycles. The highest BCUT2D eigenvalue weighted by atomic mass is 19.1. The molecular weight excluding hydrogens is 181 g/mol. The third-order valence-electron chi connectivity index (χ3n) is 1.96. The molecule has 1 aromatic rings. The lowest BCUT2D eigenvalue weighted by atomic mass is 10.0. The smallest absolute Gasteiger partial charge is 0.186 e. The van der Waals surface area contributed by atoms with E-state index in [2.05, 4.69) is 4.99 Å². The summed E-state index contributed by atoms with van der Waals surface area (Å²) in [6.45, 7) is 1.91. The molecule has 3 nitrogen and oxygen atoms in total. The number of hydrogen-bond acceptors (Lipinski definition) is 1. The van der Waals surface area contributed by atoms with Gasteiger partial charge in [0.1, 0.15) is 5.82 Å². The van der Waals surface area contributed by atoms with Crippen LogP contribution in [0.1, 0.15) is 24.9 Å². The van der Waals surface area contributed by atoms with E-state index in [9.17, 15) is 4.39 Å². The van der Waals surface area contributed by atoms with Crippen LogP contribution in [0.2, 0.25) is 0 Å². The van der Waals surface area contributed by atoms with Crippen LogP contribution >= 0.6 is 0 Å². The maximum Gasteiger partial charge on any atom is 0.186 e. The van der Waals surface area contributed by atoms with Crippen molar-refractivity contribution in [2.45, 2.75) is 19.4 Å². The first-order valence-corrected chi connectivity index (χ1v) is 4.48. The van der Waals surface area contributed by atoms with E-state index in [1.807, 2.05) is 6.92 Å². The molecule has 1 atom stereocenters. The zero-order valence-corrected chi connectivity index (χ0v) is 8.07. The summed E-state index contributed by atoms with van der Waals surface area (Å²) in [4.78, 5) is 3.96. The average Bonchev–Trinajstić information content (AvgIpc) is 2.15. The number of guanidine groups is 1. The zero-order valence-electron chi connectivity index (χ0n) is 8.07. The second-order valence-corrected chi connectivity index (χ2v) is 3.00. The van der Waals surface area contributed by atoms with Crippen molar-refractivity contribution in [3.63, 3.8) is 0 Å². The van der Waals surface area contributed by atoms with Crippen molar-refractivity contribution in [3.8, 4) is 0 Å². The third kappa shape index (κ3) is 2.45. The van der Waals surface area contributed by atoms with Crippen molar-refractivity contribution >= 4 is 5.96 Å². The molecule has 0 aliphatic carbocycles. The predicted molar refractivity (Wildman–Crippen MR) is 55.2 cm³/mol. The molecule has 0 aliphatic rings. The highest BCUT2D eigenvalue weighted by Gasteiger charge is 2.11. The van der Waals surface area contributed by atoms with E-state index in [1.165, 1.54) is 6.07 Å². The molecule has 0 amide bonds. The van der Waals surface area contributed by atoms with Crippen molar-refractivity contribution in [2.24, 2.45) is 16.5 Å². The summed E-state index contributed by atoms with van der Waals surface area (Å²) in [5.74, 6) is -0.288. The largest absolute Gasteiger partial charge is 0.370 e. The number of benzene rings is 1. The highest BCUT2D eigenvalue weighted by Crippen LogP contribution is 2.23. The molecule has 0 heterocycles. The number of nitrogens with zero attached hydrogens (tertiary/aromatic N) is 1. The second kappa shape index (κ2) is 4.60. The summed E-state index contributed by atoms with van der Waals surface area (Å²) in [5, 5.41) is 0. The Hall–Kier alpha value is -1.58. The Labute approximate surface area is 82.6 Å². The number of rotatable bonds is 3. The van der Waals surface area contributed by atoms with E-state index >= 15 is 0 Å². The Bertz CT molecular complexity index is 332. The molecule has 0 saturated heterocycles. The predicted octanol–water partition coefficient (Wildman–Crippen LogP) is 1.55. The van der Waals surface area contributed by atoms with Gasteiger partial charge in [-0.2, -0.15) is 0 Å². The van der Waals surface area contributed by atoms with E-state index in [0.29, 0.717) is 12.0 Å². The van der Waals surface area contributed by atoms with Gasteiger partial charge in [0, 0.05) is 5.56 Å². The number of hydrogen-bond donors (Lipinski definition) is 2. The average molecular weight is 195 g/mol. The molecular formula is C10H14FN3. The van der Waals surface area contributed by atoms with Crippen molar-refractivity contribution in [1.82, 2.24) is 0 Å². The molecule has 14 heavy (non-hydrogen) atoms. The van der Waals surface area contributed by atoms with Gasteiger partial charge in [0.05, 0.1) is 6.04 Å². The van der Waals surface area contributed by atoms with Gasteiger partial charge in [0.15, 0.2) is 5.96 Å². The Morgan fingerprint density at radius 3 is 2.57 bits per heavy atom.